The maximum Gasteiger partial charge on any atom is 0.291 e. The van der Waals surface area contributed by atoms with Crippen molar-refractivity contribution < 1.29 is 4.79 Å². The number of H-pyrrole nitrogens is 1. The van der Waals surface area contributed by atoms with Crippen molar-refractivity contribution in [2.24, 2.45) is 0 Å². The van der Waals surface area contributed by atoms with Crippen LogP contribution in [0.1, 0.15) is 16.2 Å². The molecular weight excluding hydrogens is 254 g/mol. The summed E-state index contributed by atoms with van der Waals surface area (Å²) in [6.07, 6.45) is 0. The number of aromatic amines is 1. The Morgan fingerprint density at radius 1 is 1.44 bits per heavy atom. The highest BCUT2D eigenvalue weighted by Gasteiger charge is 2.15. The summed E-state index contributed by atoms with van der Waals surface area (Å²) in [7, 11) is 1.68. The van der Waals surface area contributed by atoms with E-state index in [1.165, 1.54) is 4.90 Å². The first-order valence-corrected chi connectivity index (χ1v) is 5.62. The van der Waals surface area contributed by atoms with Crippen molar-refractivity contribution in [3.63, 3.8) is 0 Å². The van der Waals surface area contributed by atoms with E-state index in [1.54, 1.807) is 19.2 Å². The molecule has 0 atom stereocenters. The maximum atomic E-state index is 11.9. The first kappa shape index (κ1) is 12.4. The van der Waals surface area contributed by atoms with Gasteiger partial charge < -0.3 is 10.6 Å². The van der Waals surface area contributed by atoms with Crippen LogP contribution in [-0.2, 0) is 6.54 Å². The van der Waals surface area contributed by atoms with Crippen molar-refractivity contribution in [2.75, 3.05) is 12.8 Å². The molecule has 0 aliphatic heterocycles. The number of rotatable bonds is 3. The second kappa shape index (κ2) is 5.05. The lowest BCUT2D eigenvalue weighted by Gasteiger charge is -2.15. The van der Waals surface area contributed by atoms with Gasteiger partial charge in [-0.15, -0.1) is 5.10 Å². The number of benzene rings is 1. The molecule has 94 valence electrons. The van der Waals surface area contributed by atoms with E-state index in [1.807, 2.05) is 12.1 Å². The SMILES string of the molecule is CN(Cc1ccc(Cl)cc1)C(=O)c1nc(N)n[nH]1. The van der Waals surface area contributed by atoms with Crippen molar-refractivity contribution in [3.8, 4) is 0 Å². The molecule has 0 spiro atoms. The Hall–Kier alpha value is -2.08. The van der Waals surface area contributed by atoms with Crippen LogP contribution in [0.25, 0.3) is 0 Å². The number of nitrogen functional groups attached to an aromatic ring is 1. The summed E-state index contributed by atoms with van der Waals surface area (Å²) < 4.78 is 0. The maximum absolute atomic E-state index is 11.9. The van der Waals surface area contributed by atoms with E-state index in [9.17, 15) is 4.79 Å². The van der Waals surface area contributed by atoms with E-state index in [-0.39, 0.29) is 17.7 Å². The topological polar surface area (TPSA) is 87.9 Å². The summed E-state index contributed by atoms with van der Waals surface area (Å²) in [6.45, 7) is 0.455. The van der Waals surface area contributed by atoms with Crippen LogP contribution in [0.5, 0.6) is 0 Å². The van der Waals surface area contributed by atoms with Gasteiger partial charge >= 0.3 is 0 Å². The highest BCUT2D eigenvalue weighted by atomic mass is 35.5. The number of halogens is 1. The van der Waals surface area contributed by atoms with Gasteiger partial charge in [0.15, 0.2) is 0 Å². The number of nitrogens with one attached hydrogen (secondary N) is 1. The fourth-order valence-electron chi connectivity index (χ4n) is 1.49. The monoisotopic (exact) mass is 265 g/mol. The number of anilines is 1. The molecule has 18 heavy (non-hydrogen) atoms. The number of carbonyl (C=O) groups excluding carboxylic acids is 1. The molecule has 2 aromatic rings. The highest BCUT2D eigenvalue weighted by molar-refractivity contribution is 6.30. The van der Waals surface area contributed by atoms with Crippen LogP contribution in [0.15, 0.2) is 24.3 Å². The number of aromatic nitrogens is 3. The highest BCUT2D eigenvalue weighted by Crippen LogP contribution is 2.11. The van der Waals surface area contributed by atoms with E-state index in [0.29, 0.717) is 11.6 Å². The Balaban J connectivity index is 2.05. The van der Waals surface area contributed by atoms with Gasteiger partial charge in [-0.25, -0.2) is 0 Å². The van der Waals surface area contributed by atoms with Gasteiger partial charge in [0.2, 0.25) is 11.8 Å². The Morgan fingerprint density at radius 2 is 2.11 bits per heavy atom. The molecule has 0 aliphatic rings. The lowest BCUT2D eigenvalue weighted by Crippen LogP contribution is -2.27. The van der Waals surface area contributed by atoms with Gasteiger partial charge in [0.05, 0.1) is 0 Å². The standard InChI is InChI=1S/C11H12ClN5O/c1-17(6-7-2-4-8(12)5-3-7)10(18)9-14-11(13)16-15-9/h2-5H,6H2,1H3,(H3,13,14,15,16). The summed E-state index contributed by atoms with van der Waals surface area (Å²) >= 11 is 5.79. The van der Waals surface area contributed by atoms with Crippen LogP contribution in [-0.4, -0.2) is 33.0 Å². The van der Waals surface area contributed by atoms with Gasteiger partial charge in [-0.2, -0.15) is 4.98 Å². The number of hydrogen-bond acceptors (Lipinski definition) is 4. The average molecular weight is 266 g/mol. The van der Waals surface area contributed by atoms with Gasteiger partial charge in [0.25, 0.3) is 5.91 Å². The Labute approximate surface area is 109 Å². The van der Waals surface area contributed by atoms with Crippen LogP contribution in [0.4, 0.5) is 5.95 Å². The molecule has 0 aliphatic carbocycles. The zero-order chi connectivity index (χ0) is 13.1. The molecule has 0 radical (unpaired) electrons. The summed E-state index contributed by atoms with van der Waals surface area (Å²) in [5, 5.41) is 6.76. The smallest absolute Gasteiger partial charge is 0.291 e. The molecule has 6 nitrogen and oxygen atoms in total. The minimum atomic E-state index is -0.269. The third-order valence-corrected chi connectivity index (χ3v) is 2.64. The predicted molar refractivity (Wildman–Crippen MR) is 68.0 cm³/mol. The molecular formula is C11H12ClN5O. The molecule has 0 unspecified atom stereocenters. The Morgan fingerprint density at radius 3 is 2.67 bits per heavy atom. The van der Waals surface area contributed by atoms with Gasteiger partial charge in [0, 0.05) is 18.6 Å². The zero-order valence-electron chi connectivity index (χ0n) is 9.72. The van der Waals surface area contributed by atoms with Gasteiger partial charge in [-0.05, 0) is 17.7 Å². The van der Waals surface area contributed by atoms with Crippen molar-refractivity contribution in [1.29, 1.82) is 0 Å². The third-order valence-electron chi connectivity index (χ3n) is 2.38. The Bertz CT molecular complexity index is 551. The zero-order valence-corrected chi connectivity index (χ0v) is 10.5. The molecule has 3 N–H and O–H groups in total. The van der Waals surface area contributed by atoms with Crippen LogP contribution < -0.4 is 5.73 Å². The molecule has 1 aromatic carbocycles. The van der Waals surface area contributed by atoms with E-state index in [4.69, 9.17) is 17.3 Å². The predicted octanol–water partition coefficient (Wildman–Crippen LogP) is 1.31. The number of nitrogens with zero attached hydrogens (tertiary/aromatic N) is 3. The fourth-order valence-corrected chi connectivity index (χ4v) is 1.61. The number of hydrogen-bond donors (Lipinski definition) is 2. The molecule has 0 fully saturated rings. The van der Waals surface area contributed by atoms with Crippen LogP contribution >= 0.6 is 11.6 Å². The molecule has 0 saturated heterocycles. The molecule has 1 amide bonds. The first-order chi connectivity index (χ1) is 8.56. The lowest BCUT2D eigenvalue weighted by atomic mass is 10.2. The molecule has 2 rings (SSSR count). The largest absolute Gasteiger partial charge is 0.366 e. The second-order valence-electron chi connectivity index (χ2n) is 3.83. The number of carbonyl (C=O) groups is 1. The lowest BCUT2D eigenvalue weighted by molar-refractivity contribution is 0.0773. The molecule has 1 heterocycles. The van der Waals surface area contributed by atoms with Gasteiger partial charge in [-0.3, -0.25) is 9.89 Å². The van der Waals surface area contributed by atoms with Crippen molar-refractivity contribution in [2.45, 2.75) is 6.54 Å². The number of amides is 1. The minimum Gasteiger partial charge on any atom is -0.366 e. The van der Waals surface area contributed by atoms with Crippen LogP contribution in [0, 0.1) is 0 Å². The van der Waals surface area contributed by atoms with Crippen molar-refractivity contribution in [1.82, 2.24) is 20.1 Å². The van der Waals surface area contributed by atoms with Crippen molar-refractivity contribution in [3.05, 3.63) is 40.7 Å². The minimum absolute atomic E-state index is 0.0539. The summed E-state index contributed by atoms with van der Waals surface area (Å²) in [6, 6.07) is 7.28. The second-order valence-corrected chi connectivity index (χ2v) is 4.27. The van der Waals surface area contributed by atoms with Gasteiger partial charge in [0.1, 0.15) is 0 Å². The third kappa shape index (κ3) is 2.78. The molecule has 0 bridgehead atoms. The van der Waals surface area contributed by atoms with E-state index < -0.39 is 0 Å². The van der Waals surface area contributed by atoms with Crippen LogP contribution in [0.3, 0.4) is 0 Å². The molecule has 7 heteroatoms. The van der Waals surface area contributed by atoms with E-state index in [2.05, 4.69) is 15.2 Å². The summed E-state index contributed by atoms with van der Waals surface area (Å²) in [4.78, 5) is 17.2. The molecule has 1 aromatic heterocycles. The fraction of sp³-hybridized carbons (Fsp3) is 0.182. The summed E-state index contributed by atoms with van der Waals surface area (Å²) in [5.74, 6) is -0.0867. The van der Waals surface area contributed by atoms with E-state index >= 15 is 0 Å². The van der Waals surface area contributed by atoms with Gasteiger partial charge in [-0.1, -0.05) is 23.7 Å². The van der Waals surface area contributed by atoms with E-state index in [0.717, 1.165) is 5.56 Å². The normalized spacial score (nSPS) is 10.3. The first-order valence-electron chi connectivity index (χ1n) is 5.24. The number of nitrogens with two attached hydrogens (primary N) is 1. The summed E-state index contributed by atoms with van der Waals surface area (Å²) in [5.41, 5.74) is 6.32. The quantitative estimate of drug-likeness (QED) is 0.876. The Kier molecular flexibility index (Phi) is 3.47. The van der Waals surface area contributed by atoms with Crippen molar-refractivity contribution >= 4 is 23.5 Å². The average Bonchev–Trinajstić information content (AvgIpc) is 2.78. The van der Waals surface area contributed by atoms with Crippen LogP contribution in [0.2, 0.25) is 5.02 Å². The molecule has 0 saturated carbocycles.